The Morgan fingerprint density at radius 1 is 1.06 bits per heavy atom. The van der Waals surface area contributed by atoms with Crippen LogP contribution in [0.25, 0.3) is 10.9 Å². The fourth-order valence-electron chi connectivity index (χ4n) is 5.50. The largest absolute Gasteiger partial charge is 0.497 e. The molecule has 1 aromatic heterocycles. The summed E-state index contributed by atoms with van der Waals surface area (Å²) >= 11 is 0. The Balaban J connectivity index is 1.24. The molecule has 7 nitrogen and oxygen atoms in total. The monoisotopic (exact) mass is 474 g/mol. The molecule has 5 rings (SSSR count). The predicted octanol–water partition coefficient (Wildman–Crippen LogP) is 4.14. The average molecular weight is 475 g/mol. The fraction of sp³-hybridized carbons (Fsp3) is 0.464. The van der Waals surface area contributed by atoms with Gasteiger partial charge in [0.15, 0.2) is 0 Å². The van der Waals surface area contributed by atoms with Crippen LogP contribution >= 0.6 is 0 Å². The summed E-state index contributed by atoms with van der Waals surface area (Å²) < 4.78 is 5.37. The number of piperidine rings is 2. The molecule has 0 saturated carbocycles. The minimum absolute atomic E-state index is 0.0516. The van der Waals surface area contributed by atoms with Crippen LogP contribution in [0.15, 0.2) is 48.5 Å². The molecule has 184 valence electrons. The highest BCUT2D eigenvalue weighted by molar-refractivity contribution is 5.83. The Morgan fingerprint density at radius 2 is 1.83 bits per heavy atom. The van der Waals surface area contributed by atoms with Gasteiger partial charge in [-0.05, 0) is 56.2 Å². The highest BCUT2D eigenvalue weighted by Gasteiger charge is 2.34. The van der Waals surface area contributed by atoms with E-state index >= 15 is 0 Å². The van der Waals surface area contributed by atoms with Gasteiger partial charge >= 0.3 is 0 Å². The van der Waals surface area contributed by atoms with Crippen molar-refractivity contribution in [1.82, 2.24) is 14.9 Å². The summed E-state index contributed by atoms with van der Waals surface area (Å²) in [6.45, 7) is 4.90. The number of aryl methyl sites for hydroxylation is 1. The number of carbonyl (C=O) groups excluding carboxylic acids is 1. The van der Waals surface area contributed by atoms with Crippen LogP contribution in [0, 0.1) is 18.8 Å². The van der Waals surface area contributed by atoms with Gasteiger partial charge in [-0.1, -0.05) is 30.3 Å². The SMILES string of the molecule is COc1ccc2c(C)nc(N3CCC[C@@H](C(=O)N4CCC([C@H](O)c5ccccc5)CC4)C3)nc2c1. The number of aromatic nitrogens is 2. The normalized spacial score (nSPS) is 20.1. The van der Waals surface area contributed by atoms with Crippen LogP contribution in [0.4, 0.5) is 5.95 Å². The molecule has 2 aliphatic rings. The second-order valence-corrected chi connectivity index (χ2v) is 9.80. The van der Waals surface area contributed by atoms with Crippen molar-refractivity contribution in [2.75, 3.05) is 38.2 Å². The summed E-state index contributed by atoms with van der Waals surface area (Å²) in [7, 11) is 1.65. The van der Waals surface area contributed by atoms with Crippen molar-refractivity contribution < 1.29 is 14.6 Å². The third-order valence-corrected chi connectivity index (χ3v) is 7.58. The number of aliphatic hydroxyl groups is 1. The number of methoxy groups -OCH3 is 1. The van der Waals surface area contributed by atoms with Crippen LogP contribution in [-0.4, -0.2) is 59.2 Å². The van der Waals surface area contributed by atoms with E-state index in [2.05, 4.69) is 4.90 Å². The average Bonchev–Trinajstić information content (AvgIpc) is 2.92. The molecule has 0 spiro atoms. The fourth-order valence-corrected chi connectivity index (χ4v) is 5.50. The smallest absolute Gasteiger partial charge is 0.227 e. The Bertz CT molecular complexity index is 1180. The quantitative estimate of drug-likeness (QED) is 0.599. The number of hydrogen-bond donors (Lipinski definition) is 1. The van der Waals surface area contributed by atoms with Gasteiger partial charge in [0.05, 0.1) is 30.3 Å². The maximum Gasteiger partial charge on any atom is 0.227 e. The maximum atomic E-state index is 13.4. The molecule has 0 radical (unpaired) electrons. The van der Waals surface area contributed by atoms with Gasteiger partial charge in [0.25, 0.3) is 0 Å². The molecule has 35 heavy (non-hydrogen) atoms. The van der Waals surface area contributed by atoms with Crippen LogP contribution in [0.5, 0.6) is 5.75 Å². The van der Waals surface area contributed by atoms with E-state index in [9.17, 15) is 9.90 Å². The highest BCUT2D eigenvalue weighted by Crippen LogP contribution is 2.32. The minimum atomic E-state index is -0.467. The van der Waals surface area contributed by atoms with Gasteiger partial charge in [0.2, 0.25) is 11.9 Å². The first-order chi connectivity index (χ1) is 17.0. The zero-order valence-electron chi connectivity index (χ0n) is 20.6. The molecule has 3 heterocycles. The summed E-state index contributed by atoms with van der Waals surface area (Å²) in [5.74, 6) is 1.82. The Hall–Kier alpha value is -3.19. The zero-order chi connectivity index (χ0) is 24.4. The van der Waals surface area contributed by atoms with E-state index in [-0.39, 0.29) is 17.7 Å². The van der Waals surface area contributed by atoms with Crippen LogP contribution in [0.1, 0.15) is 43.0 Å². The van der Waals surface area contributed by atoms with Crippen LogP contribution in [0.2, 0.25) is 0 Å². The maximum absolute atomic E-state index is 13.4. The van der Waals surface area contributed by atoms with Gasteiger partial charge < -0.3 is 19.6 Å². The van der Waals surface area contributed by atoms with Crippen LogP contribution in [-0.2, 0) is 4.79 Å². The Labute approximate surface area is 206 Å². The van der Waals surface area contributed by atoms with Gasteiger partial charge in [-0.25, -0.2) is 9.97 Å². The number of carbonyl (C=O) groups is 1. The molecule has 3 aromatic rings. The van der Waals surface area contributed by atoms with Crippen molar-refractivity contribution in [1.29, 1.82) is 0 Å². The zero-order valence-corrected chi connectivity index (χ0v) is 20.6. The molecule has 1 amide bonds. The standard InChI is InChI=1S/C28H34N4O3/c1-19-24-11-10-23(35-2)17-25(24)30-28(29-19)32-14-6-9-22(18-32)27(34)31-15-12-21(13-16-31)26(33)20-7-4-3-5-8-20/h3-5,7-8,10-11,17,21-22,26,33H,6,9,12-16,18H2,1-2H3/t22-,26-/m1/s1. The number of ether oxygens (including phenoxy) is 1. The second kappa shape index (κ2) is 10.2. The molecular formula is C28H34N4O3. The van der Waals surface area contributed by atoms with Crippen LogP contribution in [0.3, 0.4) is 0 Å². The highest BCUT2D eigenvalue weighted by atomic mass is 16.5. The summed E-state index contributed by atoms with van der Waals surface area (Å²) in [6.07, 6.45) is 3.02. The van der Waals surface area contributed by atoms with Crippen molar-refractivity contribution in [2.24, 2.45) is 11.8 Å². The minimum Gasteiger partial charge on any atom is -0.497 e. The van der Waals surface area contributed by atoms with Gasteiger partial charge in [-0.2, -0.15) is 0 Å². The molecule has 2 atom stereocenters. The second-order valence-electron chi connectivity index (χ2n) is 9.80. The van der Waals surface area contributed by atoms with Crippen molar-refractivity contribution >= 4 is 22.8 Å². The van der Waals surface area contributed by atoms with E-state index < -0.39 is 6.10 Å². The predicted molar refractivity (Wildman–Crippen MR) is 136 cm³/mol. The molecule has 0 unspecified atom stereocenters. The summed E-state index contributed by atoms with van der Waals surface area (Å²) in [5, 5.41) is 11.8. The number of fused-ring (bicyclic) bond motifs is 1. The lowest BCUT2D eigenvalue weighted by Gasteiger charge is -2.38. The lowest BCUT2D eigenvalue weighted by molar-refractivity contribution is -0.137. The third-order valence-electron chi connectivity index (χ3n) is 7.58. The molecule has 0 aliphatic carbocycles. The number of rotatable bonds is 5. The Kier molecular flexibility index (Phi) is 6.86. The number of likely N-dealkylation sites (tertiary alicyclic amines) is 1. The molecule has 7 heteroatoms. The van der Waals surface area contributed by atoms with E-state index in [1.165, 1.54) is 0 Å². The number of anilines is 1. The van der Waals surface area contributed by atoms with Crippen molar-refractivity contribution in [3.05, 3.63) is 59.8 Å². The van der Waals surface area contributed by atoms with Gasteiger partial charge in [-0.3, -0.25) is 4.79 Å². The van der Waals surface area contributed by atoms with Crippen molar-refractivity contribution in [2.45, 2.75) is 38.7 Å². The van der Waals surface area contributed by atoms with Crippen molar-refractivity contribution in [3.8, 4) is 5.75 Å². The topological polar surface area (TPSA) is 78.8 Å². The van der Waals surface area contributed by atoms with Crippen LogP contribution < -0.4 is 9.64 Å². The molecule has 1 N–H and O–H groups in total. The molecular weight excluding hydrogens is 440 g/mol. The number of amides is 1. The van der Waals surface area contributed by atoms with E-state index in [4.69, 9.17) is 14.7 Å². The summed E-state index contributed by atoms with van der Waals surface area (Å²) in [5.41, 5.74) is 2.75. The van der Waals surface area contributed by atoms with Gasteiger partial charge in [-0.15, -0.1) is 0 Å². The first kappa shape index (κ1) is 23.5. The van der Waals surface area contributed by atoms with Gasteiger partial charge in [0, 0.05) is 37.6 Å². The molecule has 2 fully saturated rings. The van der Waals surface area contributed by atoms with E-state index in [1.54, 1.807) is 7.11 Å². The number of aliphatic hydroxyl groups excluding tert-OH is 1. The Morgan fingerprint density at radius 3 is 2.57 bits per heavy atom. The molecule has 0 bridgehead atoms. The van der Waals surface area contributed by atoms with Gasteiger partial charge in [0.1, 0.15) is 5.75 Å². The van der Waals surface area contributed by atoms with Crippen molar-refractivity contribution in [3.63, 3.8) is 0 Å². The van der Waals surface area contributed by atoms with E-state index in [0.717, 1.165) is 60.1 Å². The number of benzene rings is 2. The summed E-state index contributed by atoms with van der Waals surface area (Å²) in [6, 6.07) is 15.7. The third kappa shape index (κ3) is 4.96. The van der Waals surface area contributed by atoms with E-state index in [1.807, 2.05) is 60.4 Å². The number of hydrogen-bond acceptors (Lipinski definition) is 6. The summed E-state index contributed by atoms with van der Waals surface area (Å²) in [4.78, 5) is 27.2. The molecule has 2 saturated heterocycles. The lowest BCUT2D eigenvalue weighted by atomic mass is 9.86. The first-order valence-electron chi connectivity index (χ1n) is 12.6. The van der Waals surface area contributed by atoms with E-state index in [0.29, 0.717) is 25.6 Å². The number of nitrogens with zero attached hydrogens (tertiary/aromatic N) is 4. The molecule has 2 aliphatic heterocycles. The first-order valence-corrected chi connectivity index (χ1v) is 12.6. The molecule has 2 aromatic carbocycles. The lowest BCUT2D eigenvalue weighted by Crippen LogP contribution is -2.48.